The van der Waals surface area contributed by atoms with Crippen molar-refractivity contribution >= 4 is 30.2 Å². The quantitative estimate of drug-likeness (QED) is 0.336. The Hall–Kier alpha value is -2.45. The molecule has 0 aromatic rings. The van der Waals surface area contributed by atoms with E-state index in [1.54, 1.807) is 0 Å². The Morgan fingerprint density at radius 1 is 0.857 bits per heavy atom. The summed E-state index contributed by atoms with van der Waals surface area (Å²) in [4.78, 5) is 55.7. The summed E-state index contributed by atoms with van der Waals surface area (Å²) >= 11 is 0. The van der Waals surface area contributed by atoms with Crippen molar-refractivity contribution in [1.82, 2.24) is 0 Å². The largest absolute Gasteiger partial charge is 0.466 e. The molecule has 0 aromatic heterocycles. The molecule has 0 fully saturated rings. The number of aldehydes is 1. The Morgan fingerprint density at radius 3 is 1.67 bits per heavy atom. The highest BCUT2D eigenvalue weighted by molar-refractivity contribution is 5.81. The average Bonchev–Trinajstić information content (AvgIpc) is 2.38. The summed E-state index contributed by atoms with van der Waals surface area (Å²) in [6.07, 6.45) is -4.88. The van der Waals surface area contributed by atoms with E-state index in [-0.39, 0.29) is 6.29 Å². The summed E-state index contributed by atoms with van der Waals surface area (Å²) in [5, 5.41) is 0. The minimum absolute atomic E-state index is 0.147. The van der Waals surface area contributed by atoms with Crippen molar-refractivity contribution in [2.24, 2.45) is 0 Å². The molecule has 0 aliphatic carbocycles. The van der Waals surface area contributed by atoms with E-state index in [4.69, 9.17) is 4.74 Å². The van der Waals surface area contributed by atoms with Crippen LogP contribution in [0.4, 0.5) is 0 Å². The molecule has 0 saturated carbocycles. The van der Waals surface area contributed by atoms with Gasteiger partial charge in [0, 0.05) is 20.8 Å². The predicted molar refractivity (Wildman–Crippen MR) is 64.7 cm³/mol. The second kappa shape index (κ2) is 8.67. The van der Waals surface area contributed by atoms with Gasteiger partial charge in [-0.25, -0.2) is 4.79 Å². The zero-order valence-electron chi connectivity index (χ0n) is 12.0. The number of methoxy groups -OCH3 is 1. The average molecular weight is 304 g/mol. The zero-order chi connectivity index (χ0) is 16.6. The highest BCUT2D eigenvalue weighted by atomic mass is 16.6. The molecule has 0 rings (SSSR count). The third-order valence-corrected chi connectivity index (χ3v) is 2.09. The lowest BCUT2D eigenvalue weighted by Gasteiger charge is -2.27. The number of carbonyl (C=O) groups is 5. The van der Waals surface area contributed by atoms with E-state index >= 15 is 0 Å². The maximum absolute atomic E-state index is 11.6. The maximum atomic E-state index is 11.6. The molecule has 0 aliphatic rings. The number of ether oxygens (including phenoxy) is 4. The first-order valence-electron chi connectivity index (χ1n) is 5.77. The Kier molecular flexibility index (Phi) is 7.66. The normalized spacial score (nSPS) is 14.1. The van der Waals surface area contributed by atoms with Gasteiger partial charge >= 0.3 is 23.9 Å². The first kappa shape index (κ1) is 18.6. The van der Waals surface area contributed by atoms with Gasteiger partial charge in [0.25, 0.3) is 0 Å². The standard InChI is InChI=1S/C12H16O9/c1-6(14)19-9(5-13)10(20-7(2)15)11(12(17)18-4)21-8(3)16/h5,9-11H,1-4H3/t9-,10+,11-/m0/s1. The molecule has 21 heavy (non-hydrogen) atoms. The Balaban J connectivity index is 5.51. The lowest BCUT2D eigenvalue weighted by molar-refractivity contribution is -0.191. The van der Waals surface area contributed by atoms with Gasteiger partial charge in [0.05, 0.1) is 7.11 Å². The van der Waals surface area contributed by atoms with Crippen molar-refractivity contribution in [2.45, 2.75) is 39.1 Å². The maximum Gasteiger partial charge on any atom is 0.351 e. The highest BCUT2D eigenvalue weighted by Gasteiger charge is 2.42. The van der Waals surface area contributed by atoms with E-state index in [1.807, 2.05) is 0 Å². The van der Waals surface area contributed by atoms with Crippen LogP contribution in [-0.4, -0.2) is 55.6 Å². The first-order valence-corrected chi connectivity index (χ1v) is 5.77. The molecule has 0 radical (unpaired) electrons. The van der Waals surface area contributed by atoms with Crippen LogP contribution in [0.3, 0.4) is 0 Å². The summed E-state index contributed by atoms with van der Waals surface area (Å²) < 4.78 is 18.5. The van der Waals surface area contributed by atoms with Gasteiger partial charge in [-0.1, -0.05) is 0 Å². The molecule has 9 heteroatoms. The first-order chi connectivity index (χ1) is 9.72. The van der Waals surface area contributed by atoms with Gasteiger partial charge in [0.1, 0.15) is 0 Å². The fourth-order valence-electron chi connectivity index (χ4n) is 1.40. The van der Waals surface area contributed by atoms with Crippen LogP contribution in [0.25, 0.3) is 0 Å². The summed E-state index contributed by atoms with van der Waals surface area (Å²) in [6.45, 7) is 3.02. The molecule has 0 spiro atoms. The molecule has 0 aliphatic heterocycles. The lowest BCUT2D eigenvalue weighted by atomic mass is 10.1. The van der Waals surface area contributed by atoms with Crippen LogP contribution in [0.2, 0.25) is 0 Å². The third-order valence-electron chi connectivity index (χ3n) is 2.09. The summed E-state index contributed by atoms with van der Waals surface area (Å²) in [7, 11) is 1.01. The SMILES string of the molecule is COC(=O)[C@@H](OC(C)=O)[C@H](OC(C)=O)[C@H](C=O)OC(C)=O. The molecule has 118 valence electrons. The zero-order valence-corrected chi connectivity index (χ0v) is 12.0. The molecular weight excluding hydrogens is 288 g/mol. The minimum atomic E-state index is -1.74. The van der Waals surface area contributed by atoms with Crippen LogP contribution < -0.4 is 0 Å². The number of hydrogen-bond donors (Lipinski definition) is 0. The molecule has 0 unspecified atom stereocenters. The van der Waals surface area contributed by atoms with Gasteiger partial charge in [0.2, 0.25) is 6.10 Å². The number of rotatable bonds is 7. The summed E-state index contributed by atoms with van der Waals surface area (Å²) in [6, 6.07) is 0. The summed E-state index contributed by atoms with van der Waals surface area (Å²) in [5.74, 6) is -3.68. The van der Waals surface area contributed by atoms with Crippen molar-refractivity contribution in [2.75, 3.05) is 7.11 Å². The van der Waals surface area contributed by atoms with E-state index in [9.17, 15) is 24.0 Å². The Bertz CT molecular complexity index is 428. The minimum Gasteiger partial charge on any atom is -0.466 e. The van der Waals surface area contributed by atoms with Gasteiger partial charge in [-0.3, -0.25) is 19.2 Å². The molecule has 0 bridgehead atoms. The Labute approximate surface area is 120 Å². The van der Waals surface area contributed by atoms with Crippen molar-refractivity contribution in [3.05, 3.63) is 0 Å². The van der Waals surface area contributed by atoms with Crippen LogP contribution in [0, 0.1) is 0 Å². The smallest absolute Gasteiger partial charge is 0.351 e. The van der Waals surface area contributed by atoms with Gasteiger partial charge in [-0.15, -0.1) is 0 Å². The van der Waals surface area contributed by atoms with Gasteiger partial charge < -0.3 is 18.9 Å². The van der Waals surface area contributed by atoms with Crippen molar-refractivity contribution in [3.8, 4) is 0 Å². The molecule has 9 nitrogen and oxygen atoms in total. The van der Waals surface area contributed by atoms with Crippen molar-refractivity contribution in [1.29, 1.82) is 0 Å². The highest BCUT2D eigenvalue weighted by Crippen LogP contribution is 2.14. The van der Waals surface area contributed by atoms with E-state index in [0.717, 1.165) is 27.9 Å². The van der Waals surface area contributed by atoms with Crippen LogP contribution >= 0.6 is 0 Å². The van der Waals surface area contributed by atoms with Crippen LogP contribution in [0.15, 0.2) is 0 Å². The topological polar surface area (TPSA) is 122 Å². The number of carbonyl (C=O) groups excluding carboxylic acids is 5. The van der Waals surface area contributed by atoms with Crippen LogP contribution in [0.1, 0.15) is 20.8 Å². The molecule has 0 saturated heterocycles. The van der Waals surface area contributed by atoms with E-state index < -0.39 is 42.2 Å². The third kappa shape index (κ3) is 6.50. The lowest BCUT2D eigenvalue weighted by Crippen LogP contribution is -2.49. The Morgan fingerprint density at radius 2 is 1.33 bits per heavy atom. The molecule has 0 aromatic carbocycles. The van der Waals surface area contributed by atoms with E-state index in [0.29, 0.717) is 0 Å². The molecule has 0 N–H and O–H groups in total. The van der Waals surface area contributed by atoms with E-state index in [1.165, 1.54) is 0 Å². The van der Waals surface area contributed by atoms with Crippen molar-refractivity contribution < 1.29 is 42.9 Å². The number of hydrogen-bond acceptors (Lipinski definition) is 9. The second-order valence-corrected chi connectivity index (χ2v) is 3.84. The van der Waals surface area contributed by atoms with Crippen LogP contribution in [-0.2, 0) is 42.9 Å². The predicted octanol–water partition coefficient (Wildman–Crippen LogP) is -0.847. The molecule has 0 amide bonds. The second-order valence-electron chi connectivity index (χ2n) is 3.84. The molecular formula is C12H16O9. The molecule has 0 heterocycles. The van der Waals surface area contributed by atoms with Crippen molar-refractivity contribution in [3.63, 3.8) is 0 Å². The number of esters is 4. The molecule has 3 atom stereocenters. The van der Waals surface area contributed by atoms with Gasteiger partial charge in [0.15, 0.2) is 18.5 Å². The van der Waals surface area contributed by atoms with E-state index in [2.05, 4.69) is 14.2 Å². The fraction of sp³-hybridized carbons (Fsp3) is 0.583. The summed E-state index contributed by atoms with van der Waals surface area (Å²) in [5.41, 5.74) is 0. The monoisotopic (exact) mass is 304 g/mol. The van der Waals surface area contributed by atoms with Gasteiger partial charge in [-0.05, 0) is 0 Å². The van der Waals surface area contributed by atoms with Crippen LogP contribution in [0.5, 0.6) is 0 Å². The van der Waals surface area contributed by atoms with Gasteiger partial charge in [-0.2, -0.15) is 0 Å². The fourth-order valence-corrected chi connectivity index (χ4v) is 1.40.